The van der Waals surface area contributed by atoms with Crippen LogP contribution in [-0.2, 0) is 17.7 Å². The number of halogens is 2. The third kappa shape index (κ3) is 2.74. The van der Waals surface area contributed by atoms with Gasteiger partial charge in [0.25, 0.3) is 6.43 Å². The minimum atomic E-state index is -2.53. The Balaban J connectivity index is 3.01. The summed E-state index contributed by atoms with van der Waals surface area (Å²) in [5.41, 5.74) is 0.416. The zero-order valence-electron chi connectivity index (χ0n) is 9.11. The molecule has 0 aliphatic rings. The van der Waals surface area contributed by atoms with E-state index in [9.17, 15) is 13.6 Å². The second-order valence-corrected chi connectivity index (χ2v) is 3.20. The molecule has 0 fully saturated rings. The Morgan fingerprint density at radius 3 is 2.75 bits per heavy atom. The smallest absolute Gasteiger partial charge is 0.360 e. The molecule has 0 saturated carbocycles. The van der Waals surface area contributed by atoms with Crippen molar-refractivity contribution in [2.24, 2.45) is 0 Å². The predicted octanol–water partition coefficient (Wildman–Crippen LogP) is 1.28. The number of hydrogen-bond acceptors (Lipinski definition) is 4. The molecule has 0 atom stereocenters. The van der Waals surface area contributed by atoms with Crippen LogP contribution in [0.25, 0.3) is 0 Å². The van der Waals surface area contributed by atoms with Gasteiger partial charge in [0, 0.05) is 0 Å². The van der Waals surface area contributed by atoms with E-state index >= 15 is 0 Å². The largest absolute Gasteiger partial charge is 0.464 e. The van der Waals surface area contributed by atoms with Gasteiger partial charge < -0.3 is 4.74 Å². The van der Waals surface area contributed by atoms with Crippen molar-refractivity contribution in [1.29, 1.82) is 0 Å². The summed E-state index contributed by atoms with van der Waals surface area (Å²) < 4.78 is 30.0. The van der Waals surface area contributed by atoms with Crippen LogP contribution in [-0.4, -0.2) is 34.5 Å². The number of alkyl halides is 2. The molecule has 0 spiro atoms. The lowest BCUT2D eigenvalue weighted by atomic mass is 10.2. The zero-order valence-corrected chi connectivity index (χ0v) is 9.11. The van der Waals surface area contributed by atoms with Crippen molar-refractivity contribution in [3.05, 3.63) is 11.4 Å². The molecule has 1 rings (SSSR count). The molecule has 1 aromatic rings. The van der Waals surface area contributed by atoms with Crippen LogP contribution in [0.4, 0.5) is 8.78 Å². The maximum Gasteiger partial charge on any atom is 0.360 e. The fraction of sp³-hybridized carbons (Fsp3) is 0.667. The van der Waals surface area contributed by atoms with Gasteiger partial charge in [0.1, 0.15) is 6.54 Å². The van der Waals surface area contributed by atoms with Crippen molar-refractivity contribution in [1.82, 2.24) is 15.0 Å². The molecule has 1 aromatic heterocycles. The summed E-state index contributed by atoms with van der Waals surface area (Å²) in [5, 5.41) is 7.09. The van der Waals surface area contributed by atoms with Crippen LogP contribution in [0, 0.1) is 0 Å². The van der Waals surface area contributed by atoms with Gasteiger partial charge in [-0.25, -0.2) is 18.3 Å². The number of carbonyl (C=O) groups excluding carboxylic acids is 1. The predicted molar refractivity (Wildman–Crippen MR) is 51.4 cm³/mol. The summed E-state index contributed by atoms with van der Waals surface area (Å²) in [7, 11) is 1.21. The van der Waals surface area contributed by atoms with Crippen LogP contribution in [0.1, 0.15) is 29.5 Å². The van der Waals surface area contributed by atoms with Crippen molar-refractivity contribution in [2.45, 2.75) is 32.7 Å². The average molecular weight is 233 g/mol. The molecule has 16 heavy (non-hydrogen) atoms. The Bertz CT molecular complexity index is 366. The van der Waals surface area contributed by atoms with Gasteiger partial charge in [0.05, 0.1) is 12.8 Å². The molecule has 0 N–H and O–H groups in total. The fourth-order valence-electron chi connectivity index (χ4n) is 1.35. The van der Waals surface area contributed by atoms with Gasteiger partial charge in [-0.2, -0.15) is 0 Å². The van der Waals surface area contributed by atoms with Crippen LogP contribution in [0.15, 0.2) is 0 Å². The maximum atomic E-state index is 12.2. The molecule has 0 saturated heterocycles. The van der Waals surface area contributed by atoms with Gasteiger partial charge in [-0.3, -0.25) is 0 Å². The lowest BCUT2D eigenvalue weighted by Gasteiger charge is -2.05. The molecule has 1 heterocycles. The lowest BCUT2D eigenvalue weighted by molar-refractivity contribution is 0.0592. The van der Waals surface area contributed by atoms with Crippen LogP contribution in [0.5, 0.6) is 0 Å². The number of ether oxygens (including phenoxy) is 1. The highest BCUT2D eigenvalue weighted by Gasteiger charge is 2.20. The van der Waals surface area contributed by atoms with Gasteiger partial charge in [0.2, 0.25) is 0 Å². The Kier molecular flexibility index (Phi) is 4.33. The molecule has 0 aliphatic carbocycles. The van der Waals surface area contributed by atoms with Crippen molar-refractivity contribution in [3.63, 3.8) is 0 Å². The summed E-state index contributed by atoms with van der Waals surface area (Å²) in [4.78, 5) is 11.3. The molecular weight excluding hydrogens is 220 g/mol. The van der Waals surface area contributed by atoms with E-state index in [0.29, 0.717) is 18.5 Å². The minimum absolute atomic E-state index is 0.0185. The van der Waals surface area contributed by atoms with E-state index in [4.69, 9.17) is 0 Å². The Labute approximate surface area is 91.4 Å². The van der Waals surface area contributed by atoms with E-state index in [0.717, 1.165) is 4.68 Å². The first-order chi connectivity index (χ1) is 7.60. The summed E-state index contributed by atoms with van der Waals surface area (Å²) in [6.07, 6.45) is -1.35. The summed E-state index contributed by atoms with van der Waals surface area (Å²) in [5.74, 6) is -0.649. The Hall–Kier alpha value is -1.53. The first kappa shape index (κ1) is 12.5. The van der Waals surface area contributed by atoms with Gasteiger partial charge in [-0.05, 0) is 6.42 Å². The highest BCUT2D eigenvalue weighted by Crippen LogP contribution is 2.11. The maximum absolute atomic E-state index is 12.2. The number of aromatic nitrogens is 3. The van der Waals surface area contributed by atoms with Crippen LogP contribution in [0.3, 0.4) is 0 Å². The van der Waals surface area contributed by atoms with E-state index in [1.54, 1.807) is 0 Å². The van der Waals surface area contributed by atoms with E-state index in [1.165, 1.54) is 7.11 Å². The van der Waals surface area contributed by atoms with Crippen molar-refractivity contribution in [3.8, 4) is 0 Å². The molecule has 0 unspecified atom stereocenters. The van der Waals surface area contributed by atoms with Gasteiger partial charge in [-0.1, -0.05) is 18.6 Å². The Morgan fingerprint density at radius 2 is 2.25 bits per heavy atom. The van der Waals surface area contributed by atoms with Crippen LogP contribution < -0.4 is 0 Å². The van der Waals surface area contributed by atoms with Crippen molar-refractivity contribution < 1.29 is 18.3 Å². The second kappa shape index (κ2) is 5.53. The number of methoxy groups -OCH3 is 1. The molecule has 5 nitrogen and oxygen atoms in total. The molecule has 0 amide bonds. The first-order valence-electron chi connectivity index (χ1n) is 4.89. The number of carbonyl (C=O) groups is 1. The van der Waals surface area contributed by atoms with E-state index in [1.807, 2.05) is 6.92 Å². The highest BCUT2D eigenvalue weighted by molar-refractivity contribution is 5.88. The first-order valence-corrected chi connectivity index (χ1v) is 4.89. The zero-order chi connectivity index (χ0) is 12.1. The molecular formula is C9H13F2N3O2. The molecule has 90 valence electrons. The molecule has 0 radical (unpaired) electrons. The third-order valence-electron chi connectivity index (χ3n) is 2.01. The number of nitrogens with zero attached hydrogens (tertiary/aromatic N) is 3. The van der Waals surface area contributed by atoms with E-state index < -0.39 is 18.9 Å². The van der Waals surface area contributed by atoms with Crippen LogP contribution >= 0.6 is 0 Å². The standard InChI is InChI=1S/C9H13F2N3O2/c1-3-4-6-8(9(15)16-2)12-13-14(6)5-7(10)11/h7H,3-5H2,1-2H3. The summed E-state index contributed by atoms with van der Waals surface area (Å²) in [6.45, 7) is 1.32. The molecule has 0 bridgehead atoms. The third-order valence-corrected chi connectivity index (χ3v) is 2.01. The summed E-state index contributed by atoms with van der Waals surface area (Å²) >= 11 is 0. The SMILES string of the molecule is CCCc1c(C(=O)OC)nnn1CC(F)F. The highest BCUT2D eigenvalue weighted by atomic mass is 19.3. The molecule has 7 heteroatoms. The van der Waals surface area contributed by atoms with Crippen molar-refractivity contribution >= 4 is 5.97 Å². The van der Waals surface area contributed by atoms with Gasteiger partial charge in [0.15, 0.2) is 5.69 Å². The fourth-order valence-corrected chi connectivity index (χ4v) is 1.35. The normalized spacial score (nSPS) is 10.8. The van der Waals surface area contributed by atoms with E-state index in [2.05, 4.69) is 15.0 Å². The number of rotatable bonds is 5. The Morgan fingerprint density at radius 1 is 1.56 bits per heavy atom. The average Bonchev–Trinajstić information content (AvgIpc) is 2.61. The number of esters is 1. The summed E-state index contributed by atoms with van der Waals surface area (Å²) in [6, 6.07) is 0. The van der Waals surface area contributed by atoms with Crippen LogP contribution in [0.2, 0.25) is 0 Å². The molecule has 0 aromatic carbocycles. The minimum Gasteiger partial charge on any atom is -0.464 e. The van der Waals surface area contributed by atoms with Crippen molar-refractivity contribution in [2.75, 3.05) is 7.11 Å². The monoisotopic (exact) mass is 233 g/mol. The molecule has 0 aliphatic heterocycles. The van der Waals surface area contributed by atoms with Gasteiger partial charge >= 0.3 is 5.97 Å². The lowest BCUT2D eigenvalue weighted by Crippen LogP contribution is -2.13. The quantitative estimate of drug-likeness (QED) is 0.719. The van der Waals surface area contributed by atoms with Gasteiger partial charge in [-0.15, -0.1) is 5.10 Å². The second-order valence-electron chi connectivity index (χ2n) is 3.20. The number of hydrogen-bond donors (Lipinski definition) is 0. The van der Waals surface area contributed by atoms with E-state index in [-0.39, 0.29) is 5.69 Å². The topological polar surface area (TPSA) is 57.0 Å².